The summed E-state index contributed by atoms with van der Waals surface area (Å²) in [5, 5.41) is 10.7. The molecule has 1 atom stereocenters. The Morgan fingerprint density at radius 3 is 2.77 bits per heavy atom. The molecule has 4 heterocycles. The van der Waals surface area contributed by atoms with Crippen molar-refractivity contribution < 1.29 is 9.84 Å². The number of aliphatic hydroxyl groups excluding tert-OH is 1. The van der Waals surface area contributed by atoms with Gasteiger partial charge in [0.1, 0.15) is 5.82 Å². The van der Waals surface area contributed by atoms with Crippen LogP contribution in [0.25, 0.3) is 5.57 Å². The van der Waals surface area contributed by atoms with E-state index in [1.165, 1.54) is 15.9 Å². The van der Waals surface area contributed by atoms with Gasteiger partial charge in [-0.25, -0.2) is 9.78 Å². The minimum atomic E-state index is -0.794. The van der Waals surface area contributed by atoms with Crippen LogP contribution in [0.3, 0.4) is 0 Å². The molecular weight excluding hydrogens is 426 g/mol. The first-order chi connectivity index (χ1) is 14.4. The highest BCUT2D eigenvalue weighted by atomic mass is 35.5. The van der Waals surface area contributed by atoms with Gasteiger partial charge in [-0.3, -0.25) is 4.57 Å². The number of anilines is 1. The lowest BCUT2D eigenvalue weighted by Gasteiger charge is -2.30. The van der Waals surface area contributed by atoms with Crippen molar-refractivity contribution in [3.63, 3.8) is 0 Å². The normalized spacial score (nSPS) is 16.5. The number of hydrogen-bond donors (Lipinski definition) is 1. The van der Waals surface area contributed by atoms with Crippen molar-refractivity contribution in [3.05, 3.63) is 67.6 Å². The molecule has 1 N–H and O–H groups in total. The maximum Gasteiger partial charge on any atom is 0.352 e. The summed E-state index contributed by atoms with van der Waals surface area (Å²) in [6, 6.07) is 9.08. The maximum atomic E-state index is 12.6. The summed E-state index contributed by atoms with van der Waals surface area (Å²) >= 11 is 7.39. The number of rotatable bonds is 5. The number of halogens is 1. The second kappa shape index (κ2) is 8.55. The number of nitrogens with zero attached hydrogens (tertiary/aromatic N) is 5. The van der Waals surface area contributed by atoms with Crippen molar-refractivity contribution in [3.8, 4) is 5.88 Å². The molecule has 8 nitrogen and oxygen atoms in total. The van der Waals surface area contributed by atoms with Gasteiger partial charge in [-0.05, 0) is 25.1 Å². The van der Waals surface area contributed by atoms with Crippen LogP contribution >= 0.6 is 22.9 Å². The standard InChI is InChI=1S/C20H20ClN5O3S/c1-12-22-19(24-20(28)26(12)10-13-6-7-17(21)30-13)25-9-8-14(16(27)11-25)15-4-3-5-18(23-15)29-2/h3-8,16,27H,9-11H2,1-2H3/t16-/m0/s1. The molecule has 0 saturated carbocycles. The molecular formula is C20H20ClN5O3S. The van der Waals surface area contributed by atoms with E-state index in [0.717, 1.165) is 4.88 Å². The van der Waals surface area contributed by atoms with Gasteiger partial charge in [-0.1, -0.05) is 23.7 Å². The second-order valence-corrected chi connectivity index (χ2v) is 8.59. The molecule has 0 saturated heterocycles. The predicted molar refractivity (Wildman–Crippen MR) is 116 cm³/mol. The molecule has 0 amide bonds. The van der Waals surface area contributed by atoms with Crippen LogP contribution in [0.1, 0.15) is 16.4 Å². The maximum absolute atomic E-state index is 12.6. The van der Waals surface area contributed by atoms with Crippen LogP contribution in [-0.2, 0) is 6.54 Å². The van der Waals surface area contributed by atoms with Gasteiger partial charge in [-0.15, -0.1) is 11.3 Å². The average Bonchev–Trinajstić information content (AvgIpc) is 3.15. The average molecular weight is 446 g/mol. The molecule has 0 aliphatic carbocycles. The van der Waals surface area contributed by atoms with Gasteiger partial charge in [0.2, 0.25) is 11.8 Å². The smallest absolute Gasteiger partial charge is 0.352 e. The van der Waals surface area contributed by atoms with Crippen LogP contribution in [0.15, 0.2) is 41.2 Å². The number of hydrogen-bond acceptors (Lipinski definition) is 8. The van der Waals surface area contributed by atoms with Crippen LogP contribution in [0.2, 0.25) is 4.34 Å². The summed E-state index contributed by atoms with van der Waals surface area (Å²) in [5.41, 5.74) is 0.981. The Kier molecular flexibility index (Phi) is 5.85. The molecule has 10 heteroatoms. The molecule has 4 rings (SSSR count). The summed E-state index contributed by atoms with van der Waals surface area (Å²) in [7, 11) is 1.55. The topological polar surface area (TPSA) is 93.4 Å². The van der Waals surface area contributed by atoms with Crippen molar-refractivity contribution in [2.24, 2.45) is 0 Å². The van der Waals surface area contributed by atoms with E-state index in [1.54, 1.807) is 31.1 Å². The van der Waals surface area contributed by atoms with Crippen LogP contribution in [0, 0.1) is 6.92 Å². The molecule has 3 aromatic heterocycles. The molecule has 156 valence electrons. The van der Waals surface area contributed by atoms with Crippen LogP contribution in [0.5, 0.6) is 5.88 Å². The van der Waals surface area contributed by atoms with E-state index >= 15 is 0 Å². The first kappa shape index (κ1) is 20.5. The van der Waals surface area contributed by atoms with E-state index in [-0.39, 0.29) is 12.2 Å². The molecule has 30 heavy (non-hydrogen) atoms. The summed E-state index contributed by atoms with van der Waals surface area (Å²) in [6.07, 6.45) is 1.08. The first-order valence-electron chi connectivity index (χ1n) is 9.29. The lowest BCUT2D eigenvalue weighted by Crippen LogP contribution is -2.40. The second-order valence-electron chi connectivity index (χ2n) is 6.79. The lowest BCUT2D eigenvalue weighted by atomic mass is 10.0. The number of aromatic nitrogens is 4. The summed E-state index contributed by atoms with van der Waals surface area (Å²) in [5.74, 6) is 1.33. The Bertz CT molecular complexity index is 1160. The number of ether oxygens (including phenoxy) is 1. The summed E-state index contributed by atoms with van der Waals surface area (Å²) < 4.78 is 7.34. The minimum absolute atomic E-state index is 0.258. The fraction of sp³-hybridized carbons (Fsp3) is 0.300. The third-order valence-electron chi connectivity index (χ3n) is 4.82. The Labute approximate surface area is 182 Å². The van der Waals surface area contributed by atoms with Crippen LogP contribution in [0.4, 0.5) is 5.95 Å². The zero-order chi connectivity index (χ0) is 21.3. The molecule has 0 spiro atoms. The highest BCUT2D eigenvalue weighted by Gasteiger charge is 2.25. The molecule has 0 aromatic carbocycles. The van der Waals surface area contributed by atoms with E-state index in [4.69, 9.17) is 16.3 Å². The largest absolute Gasteiger partial charge is 0.481 e. The van der Waals surface area contributed by atoms with Crippen molar-refractivity contribution in [2.45, 2.75) is 19.6 Å². The van der Waals surface area contributed by atoms with E-state index in [1.807, 2.05) is 24.3 Å². The van der Waals surface area contributed by atoms with Crippen molar-refractivity contribution in [1.82, 2.24) is 19.5 Å². The molecule has 1 aliphatic rings. The Hall–Kier alpha value is -2.75. The van der Waals surface area contributed by atoms with Gasteiger partial charge in [0.25, 0.3) is 0 Å². The third-order valence-corrected chi connectivity index (χ3v) is 6.03. The number of thiophene rings is 1. The first-order valence-corrected chi connectivity index (χ1v) is 10.5. The van der Waals surface area contributed by atoms with Crippen molar-refractivity contribution in [1.29, 1.82) is 0 Å². The highest BCUT2D eigenvalue weighted by molar-refractivity contribution is 7.16. The monoisotopic (exact) mass is 445 g/mol. The number of aliphatic hydroxyl groups is 1. The summed E-state index contributed by atoms with van der Waals surface area (Å²) in [4.78, 5) is 28.3. The van der Waals surface area contributed by atoms with Crippen molar-refractivity contribution >= 4 is 34.5 Å². The molecule has 1 aliphatic heterocycles. The van der Waals surface area contributed by atoms with Gasteiger partial charge < -0.3 is 14.7 Å². The van der Waals surface area contributed by atoms with E-state index in [0.29, 0.717) is 46.3 Å². The molecule has 0 radical (unpaired) electrons. The number of aryl methyl sites for hydroxylation is 1. The van der Waals surface area contributed by atoms with Gasteiger partial charge in [0, 0.05) is 23.1 Å². The van der Waals surface area contributed by atoms with Gasteiger partial charge in [-0.2, -0.15) is 9.97 Å². The fourth-order valence-corrected chi connectivity index (χ4v) is 4.36. The zero-order valence-corrected chi connectivity index (χ0v) is 18.0. The van der Waals surface area contributed by atoms with E-state index in [2.05, 4.69) is 15.0 Å². The molecule has 0 unspecified atom stereocenters. The van der Waals surface area contributed by atoms with Crippen molar-refractivity contribution in [2.75, 3.05) is 25.1 Å². The summed E-state index contributed by atoms with van der Waals surface area (Å²) in [6.45, 7) is 2.85. The molecule has 3 aromatic rings. The van der Waals surface area contributed by atoms with E-state index in [9.17, 15) is 9.90 Å². The molecule has 0 fully saturated rings. The quantitative estimate of drug-likeness (QED) is 0.644. The SMILES string of the molecule is COc1cccc(C2=CCN(c3nc(C)n(Cc4ccc(Cl)s4)c(=O)n3)C[C@@H]2O)n1. The van der Waals surface area contributed by atoms with Gasteiger partial charge in [0.15, 0.2) is 0 Å². The number of pyridine rings is 1. The Morgan fingerprint density at radius 2 is 2.10 bits per heavy atom. The van der Waals surface area contributed by atoms with Crippen LogP contribution in [-0.4, -0.2) is 50.9 Å². The van der Waals surface area contributed by atoms with E-state index < -0.39 is 6.10 Å². The minimum Gasteiger partial charge on any atom is -0.481 e. The Morgan fingerprint density at radius 1 is 1.27 bits per heavy atom. The number of β-amino-alcohol motifs (C(OH)–C–C–N with tert-alkyl or cyclic N) is 1. The predicted octanol–water partition coefficient (Wildman–Crippen LogP) is 2.38. The van der Waals surface area contributed by atoms with Gasteiger partial charge in [0.05, 0.1) is 36.3 Å². The fourth-order valence-electron chi connectivity index (χ4n) is 3.28. The Balaban J connectivity index is 1.56. The van der Waals surface area contributed by atoms with Crippen LogP contribution < -0.4 is 15.3 Å². The zero-order valence-electron chi connectivity index (χ0n) is 16.4. The van der Waals surface area contributed by atoms with Gasteiger partial charge >= 0.3 is 5.69 Å². The third kappa shape index (κ3) is 4.23. The molecule has 0 bridgehead atoms. The highest BCUT2D eigenvalue weighted by Crippen LogP contribution is 2.25. The lowest BCUT2D eigenvalue weighted by molar-refractivity contribution is 0.233. The number of methoxy groups -OCH3 is 1.